The molecule has 3 nitrogen and oxygen atoms in total. The van der Waals surface area contributed by atoms with E-state index in [0.29, 0.717) is 0 Å². The number of benzene rings is 1. The van der Waals surface area contributed by atoms with Crippen LogP contribution >= 0.6 is 27.3 Å². The van der Waals surface area contributed by atoms with E-state index >= 15 is 0 Å². The highest BCUT2D eigenvalue weighted by molar-refractivity contribution is 9.10. The molecular weight excluding hydrogens is 326 g/mol. The molecule has 1 atom stereocenters. The monoisotopic (exact) mass is 341 g/mol. The first kappa shape index (κ1) is 14.4. The molecule has 0 spiro atoms. The molecule has 102 valence electrons. The second kappa shape index (κ2) is 6.41. The predicted molar refractivity (Wildman–Crippen MR) is 82.5 cm³/mol. The molecule has 0 saturated carbocycles. The summed E-state index contributed by atoms with van der Waals surface area (Å²) >= 11 is 5.20. The molecule has 0 radical (unpaired) electrons. The Bertz CT molecular complexity index is 543. The van der Waals surface area contributed by atoms with Crippen LogP contribution in [0, 0.1) is 0 Å². The van der Waals surface area contributed by atoms with Gasteiger partial charge < -0.3 is 14.8 Å². The molecule has 1 N–H and O–H groups in total. The van der Waals surface area contributed by atoms with Crippen LogP contribution in [0.2, 0.25) is 0 Å². The minimum absolute atomic E-state index is 0.0944. The third kappa shape index (κ3) is 2.94. The minimum atomic E-state index is 0.0944. The number of thiophene rings is 1. The smallest absolute Gasteiger partial charge is 0.133 e. The number of ether oxygens (including phenoxy) is 2. The lowest BCUT2D eigenvalue weighted by Crippen LogP contribution is -2.17. The molecule has 0 bridgehead atoms. The van der Waals surface area contributed by atoms with Gasteiger partial charge in [-0.05, 0) is 46.6 Å². The second-order valence-corrected chi connectivity index (χ2v) is 5.80. The van der Waals surface area contributed by atoms with Crippen LogP contribution in [0.1, 0.15) is 16.5 Å². The van der Waals surface area contributed by atoms with Crippen molar-refractivity contribution in [2.45, 2.75) is 6.04 Å². The highest BCUT2D eigenvalue weighted by atomic mass is 79.9. The third-order valence-corrected chi connectivity index (χ3v) is 4.49. The summed E-state index contributed by atoms with van der Waals surface area (Å²) < 4.78 is 11.7. The van der Waals surface area contributed by atoms with E-state index in [1.165, 1.54) is 4.88 Å². The molecule has 5 heteroatoms. The highest BCUT2D eigenvalue weighted by Gasteiger charge is 2.20. The molecule has 2 aromatic rings. The van der Waals surface area contributed by atoms with E-state index in [1.54, 1.807) is 25.6 Å². The average molecular weight is 342 g/mol. The van der Waals surface area contributed by atoms with Crippen LogP contribution in [-0.4, -0.2) is 21.3 Å². The molecule has 0 aliphatic carbocycles. The maximum atomic E-state index is 5.49. The van der Waals surface area contributed by atoms with Crippen LogP contribution < -0.4 is 14.8 Å². The molecule has 2 rings (SSSR count). The number of halogens is 1. The summed E-state index contributed by atoms with van der Waals surface area (Å²) in [6.45, 7) is 0. The fraction of sp³-hybridized carbons (Fsp3) is 0.286. The normalized spacial score (nSPS) is 12.2. The van der Waals surface area contributed by atoms with Crippen molar-refractivity contribution in [3.05, 3.63) is 44.6 Å². The van der Waals surface area contributed by atoms with Crippen molar-refractivity contribution in [2.24, 2.45) is 0 Å². The molecule has 0 saturated heterocycles. The van der Waals surface area contributed by atoms with Gasteiger partial charge in [0.25, 0.3) is 0 Å². The van der Waals surface area contributed by atoms with Crippen molar-refractivity contribution in [1.82, 2.24) is 5.32 Å². The zero-order valence-electron chi connectivity index (χ0n) is 11.1. The van der Waals surface area contributed by atoms with E-state index in [9.17, 15) is 0 Å². The SMILES string of the molecule is CNC(c1cccs1)c1cc(OC)c(Br)cc1OC. The first-order chi connectivity index (χ1) is 9.21. The van der Waals surface area contributed by atoms with E-state index in [4.69, 9.17) is 9.47 Å². The summed E-state index contributed by atoms with van der Waals surface area (Å²) in [5.74, 6) is 1.63. The Kier molecular flexibility index (Phi) is 4.85. The van der Waals surface area contributed by atoms with E-state index in [1.807, 2.05) is 25.2 Å². The fourth-order valence-corrected chi connectivity index (χ4v) is 3.35. The molecule has 1 heterocycles. The van der Waals surface area contributed by atoms with Crippen molar-refractivity contribution >= 4 is 27.3 Å². The summed E-state index contributed by atoms with van der Waals surface area (Å²) in [7, 11) is 5.28. The van der Waals surface area contributed by atoms with Gasteiger partial charge in [0.15, 0.2) is 0 Å². The van der Waals surface area contributed by atoms with E-state index < -0.39 is 0 Å². The van der Waals surface area contributed by atoms with Crippen LogP contribution in [0.25, 0.3) is 0 Å². The van der Waals surface area contributed by atoms with Crippen LogP contribution in [0.4, 0.5) is 0 Å². The Morgan fingerprint density at radius 3 is 2.47 bits per heavy atom. The van der Waals surface area contributed by atoms with Gasteiger partial charge >= 0.3 is 0 Å². The quantitative estimate of drug-likeness (QED) is 0.896. The Hall–Kier alpha value is -1.04. The van der Waals surface area contributed by atoms with E-state index in [-0.39, 0.29) is 6.04 Å². The summed E-state index contributed by atoms with van der Waals surface area (Å²) in [6.07, 6.45) is 0. The zero-order valence-corrected chi connectivity index (χ0v) is 13.5. The number of hydrogen-bond donors (Lipinski definition) is 1. The van der Waals surface area contributed by atoms with E-state index in [0.717, 1.165) is 21.5 Å². The van der Waals surface area contributed by atoms with E-state index in [2.05, 4.69) is 32.7 Å². The minimum Gasteiger partial charge on any atom is -0.496 e. The van der Waals surface area contributed by atoms with Gasteiger partial charge in [-0.25, -0.2) is 0 Å². The Balaban J connectivity index is 2.52. The van der Waals surface area contributed by atoms with Crippen LogP contribution in [-0.2, 0) is 0 Å². The van der Waals surface area contributed by atoms with Crippen LogP contribution in [0.15, 0.2) is 34.1 Å². The summed E-state index contributed by atoms with van der Waals surface area (Å²) in [5, 5.41) is 5.40. The average Bonchev–Trinajstić information content (AvgIpc) is 2.94. The molecule has 19 heavy (non-hydrogen) atoms. The lowest BCUT2D eigenvalue weighted by atomic mass is 10.0. The standard InChI is InChI=1S/C14H16BrNO2S/c1-16-14(13-5-4-6-19-13)9-7-12(18-3)10(15)8-11(9)17-2/h4-8,14,16H,1-3H3. The predicted octanol–water partition coefficient (Wildman–Crippen LogP) is 3.84. The molecule has 0 fully saturated rings. The number of hydrogen-bond acceptors (Lipinski definition) is 4. The zero-order chi connectivity index (χ0) is 13.8. The molecular formula is C14H16BrNO2S. The topological polar surface area (TPSA) is 30.5 Å². The van der Waals surface area contributed by atoms with Crippen molar-refractivity contribution in [2.75, 3.05) is 21.3 Å². The Morgan fingerprint density at radius 2 is 1.95 bits per heavy atom. The van der Waals surface area contributed by atoms with Gasteiger partial charge in [-0.1, -0.05) is 6.07 Å². The van der Waals surface area contributed by atoms with Crippen LogP contribution in [0.3, 0.4) is 0 Å². The second-order valence-electron chi connectivity index (χ2n) is 3.97. The molecule has 1 unspecified atom stereocenters. The lowest BCUT2D eigenvalue weighted by molar-refractivity contribution is 0.393. The lowest BCUT2D eigenvalue weighted by Gasteiger charge is -2.20. The fourth-order valence-electron chi connectivity index (χ4n) is 2.02. The molecule has 0 aliphatic heterocycles. The number of rotatable bonds is 5. The number of nitrogens with one attached hydrogen (secondary N) is 1. The van der Waals surface area contributed by atoms with Gasteiger partial charge in [-0.2, -0.15) is 0 Å². The maximum Gasteiger partial charge on any atom is 0.133 e. The maximum absolute atomic E-state index is 5.49. The van der Waals surface area contributed by atoms with Gasteiger partial charge in [-0.3, -0.25) is 0 Å². The molecule has 1 aromatic heterocycles. The van der Waals surface area contributed by atoms with Crippen molar-refractivity contribution in [1.29, 1.82) is 0 Å². The Labute approximate surface area is 125 Å². The van der Waals surface area contributed by atoms with Gasteiger partial charge in [0, 0.05) is 10.4 Å². The first-order valence-corrected chi connectivity index (χ1v) is 7.50. The van der Waals surface area contributed by atoms with Gasteiger partial charge in [-0.15, -0.1) is 11.3 Å². The van der Waals surface area contributed by atoms with Gasteiger partial charge in [0.05, 0.1) is 24.7 Å². The first-order valence-electron chi connectivity index (χ1n) is 5.83. The number of methoxy groups -OCH3 is 2. The summed E-state index contributed by atoms with van der Waals surface area (Å²) in [4.78, 5) is 1.24. The summed E-state index contributed by atoms with van der Waals surface area (Å²) in [5.41, 5.74) is 1.06. The highest BCUT2D eigenvalue weighted by Crippen LogP contribution is 2.38. The van der Waals surface area contributed by atoms with Crippen molar-refractivity contribution in [3.8, 4) is 11.5 Å². The van der Waals surface area contributed by atoms with Crippen molar-refractivity contribution in [3.63, 3.8) is 0 Å². The van der Waals surface area contributed by atoms with Crippen LogP contribution in [0.5, 0.6) is 11.5 Å². The van der Waals surface area contributed by atoms with Gasteiger partial charge in [0.2, 0.25) is 0 Å². The third-order valence-electron chi connectivity index (χ3n) is 2.93. The Morgan fingerprint density at radius 1 is 1.21 bits per heavy atom. The molecule has 0 aliphatic rings. The van der Waals surface area contributed by atoms with Crippen molar-refractivity contribution < 1.29 is 9.47 Å². The van der Waals surface area contributed by atoms with Gasteiger partial charge in [0.1, 0.15) is 11.5 Å². The summed E-state index contributed by atoms with van der Waals surface area (Å²) in [6, 6.07) is 8.19. The molecule has 1 aromatic carbocycles. The largest absolute Gasteiger partial charge is 0.496 e. The molecule has 0 amide bonds.